The van der Waals surface area contributed by atoms with Crippen LogP contribution >= 0.6 is 0 Å². The van der Waals surface area contributed by atoms with Crippen molar-refractivity contribution in [3.05, 3.63) is 23.8 Å². The Morgan fingerprint density at radius 3 is 2.40 bits per heavy atom. The standard InChI is InChI=1S/C10H16N2O2S/c1-7(2)12-15(13,14)9-4-5-10(11)8(3)6-9/h4-7,12H,11H2,1-3H3. The van der Waals surface area contributed by atoms with E-state index in [1.807, 2.05) is 0 Å². The minimum Gasteiger partial charge on any atom is -0.399 e. The van der Waals surface area contributed by atoms with Crippen LogP contribution in [0.4, 0.5) is 5.69 Å². The molecule has 0 aliphatic carbocycles. The van der Waals surface area contributed by atoms with Crippen LogP contribution in [0, 0.1) is 6.92 Å². The average molecular weight is 228 g/mol. The fraction of sp³-hybridized carbons (Fsp3) is 0.400. The number of hydrogen-bond donors (Lipinski definition) is 2. The number of hydrogen-bond acceptors (Lipinski definition) is 3. The Morgan fingerprint density at radius 2 is 1.93 bits per heavy atom. The number of aryl methyl sites for hydroxylation is 1. The molecule has 0 saturated heterocycles. The van der Waals surface area contributed by atoms with Crippen LogP contribution < -0.4 is 10.5 Å². The van der Waals surface area contributed by atoms with Gasteiger partial charge in [-0.05, 0) is 44.5 Å². The number of nitrogens with one attached hydrogen (secondary N) is 1. The lowest BCUT2D eigenvalue weighted by molar-refractivity contribution is 0.570. The molecule has 0 amide bonds. The zero-order valence-electron chi connectivity index (χ0n) is 9.11. The van der Waals surface area contributed by atoms with Crippen molar-refractivity contribution in [3.8, 4) is 0 Å². The second-order valence-corrected chi connectivity index (χ2v) is 5.51. The third-order valence-electron chi connectivity index (χ3n) is 1.94. The lowest BCUT2D eigenvalue weighted by Crippen LogP contribution is -2.30. The first kappa shape index (κ1) is 12.0. The summed E-state index contributed by atoms with van der Waals surface area (Å²) in [7, 11) is -3.40. The van der Waals surface area contributed by atoms with Crippen LogP contribution in [0.2, 0.25) is 0 Å². The normalized spacial score (nSPS) is 12.0. The predicted octanol–water partition coefficient (Wildman–Crippen LogP) is 1.26. The molecule has 0 saturated carbocycles. The molecule has 0 atom stereocenters. The van der Waals surface area contributed by atoms with E-state index in [1.54, 1.807) is 32.9 Å². The molecule has 1 aromatic rings. The topological polar surface area (TPSA) is 72.2 Å². The fourth-order valence-corrected chi connectivity index (χ4v) is 2.53. The molecular formula is C10H16N2O2S. The lowest BCUT2D eigenvalue weighted by atomic mass is 10.2. The molecule has 4 nitrogen and oxygen atoms in total. The van der Waals surface area contributed by atoms with Gasteiger partial charge in [-0.3, -0.25) is 0 Å². The van der Waals surface area contributed by atoms with Crippen LogP contribution in [-0.4, -0.2) is 14.5 Å². The number of nitrogen functional groups attached to an aromatic ring is 1. The van der Waals surface area contributed by atoms with Crippen molar-refractivity contribution in [1.29, 1.82) is 0 Å². The largest absolute Gasteiger partial charge is 0.399 e. The SMILES string of the molecule is Cc1cc(S(=O)(=O)NC(C)C)ccc1N. The number of anilines is 1. The smallest absolute Gasteiger partial charge is 0.240 e. The van der Waals surface area contributed by atoms with Crippen LogP contribution in [0.5, 0.6) is 0 Å². The predicted molar refractivity (Wildman–Crippen MR) is 61.0 cm³/mol. The Hall–Kier alpha value is -1.07. The molecular weight excluding hydrogens is 212 g/mol. The number of sulfonamides is 1. The summed E-state index contributed by atoms with van der Waals surface area (Å²) in [6.07, 6.45) is 0. The van der Waals surface area contributed by atoms with Gasteiger partial charge < -0.3 is 5.73 Å². The van der Waals surface area contributed by atoms with Gasteiger partial charge in [-0.2, -0.15) is 0 Å². The van der Waals surface area contributed by atoms with Gasteiger partial charge in [-0.25, -0.2) is 13.1 Å². The van der Waals surface area contributed by atoms with Crippen LogP contribution in [0.1, 0.15) is 19.4 Å². The molecule has 5 heteroatoms. The summed E-state index contributed by atoms with van der Waals surface area (Å²) >= 11 is 0. The molecule has 0 radical (unpaired) electrons. The third-order valence-corrected chi connectivity index (χ3v) is 3.60. The molecule has 3 N–H and O–H groups in total. The quantitative estimate of drug-likeness (QED) is 0.765. The van der Waals surface area contributed by atoms with Gasteiger partial charge in [-0.1, -0.05) is 0 Å². The zero-order valence-corrected chi connectivity index (χ0v) is 9.93. The molecule has 0 spiro atoms. The maximum absolute atomic E-state index is 11.8. The van der Waals surface area contributed by atoms with Crippen LogP contribution in [0.25, 0.3) is 0 Å². The Bertz CT molecular complexity index is 452. The summed E-state index contributed by atoms with van der Waals surface area (Å²) in [6, 6.07) is 4.56. The molecule has 0 bridgehead atoms. The van der Waals surface area contributed by atoms with E-state index >= 15 is 0 Å². The molecule has 0 fully saturated rings. The van der Waals surface area contributed by atoms with Crippen molar-refractivity contribution in [2.24, 2.45) is 0 Å². The van der Waals surface area contributed by atoms with E-state index in [2.05, 4.69) is 4.72 Å². The Morgan fingerprint density at radius 1 is 1.33 bits per heavy atom. The Balaban J connectivity index is 3.11. The van der Waals surface area contributed by atoms with Gasteiger partial charge in [0.1, 0.15) is 0 Å². The molecule has 15 heavy (non-hydrogen) atoms. The Kier molecular flexibility index (Phi) is 3.36. The van der Waals surface area contributed by atoms with Crippen molar-refractivity contribution in [1.82, 2.24) is 4.72 Å². The van der Waals surface area contributed by atoms with Crippen LogP contribution in [-0.2, 0) is 10.0 Å². The van der Waals surface area contributed by atoms with E-state index < -0.39 is 10.0 Å². The summed E-state index contributed by atoms with van der Waals surface area (Å²) in [6.45, 7) is 5.34. The van der Waals surface area contributed by atoms with Gasteiger partial charge in [0, 0.05) is 11.7 Å². The highest BCUT2D eigenvalue weighted by molar-refractivity contribution is 7.89. The first-order chi connectivity index (χ1) is 6.83. The summed E-state index contributed by atoms with van der Waals surface area (Å²) in [5.41, 5.74) is 6.98. The zero-order chi connectivity index (χ0) is 11.6. The first-order valence-electron chi connectivity index (χ1n) is 4.71. The van der Waals surface area contributed by atoms with Gasteiger partial charge in [0.25, 0.3) is 0 Å². The van der Waals surface area contributed by atoms with E-state index in [0.717, 1.165) is 5.56 Å². The molecule has 1 rings (SSSR count). The van der Waals surface area contributed by atoms with Crippen molar-refractivity contribution < 1.29 is 8.42 Å². The van der Waals surface area contributed by atoms with Gasteiger partial charge in [0.05, 0.1) is 4.90 Å². The molecule has 84 valence electrons. The average Bonchev–Trinajstić information content (AvgIpc) is 2.07. The third kappa shape index (κ3) is 2.94. The van der Waals surface area contributed by atoms with Crippen LogP contribution in [0.3, 0.4) is 0 Å². The van der Waals surface area contributed by atoms with E-state index in [4.69, 9.17) is 5.73 Å². The second kappa shape index (κ2) is 4.20. The highest BCUT2D eigenvalue weighted by Gasteiger charge is 2.15. The monoisotopic (exact) mass is 228 g/mol. The lowest BCUT2D eigenvalue weighted by Gasteiger charge is -2.10. The highest BCUT2D eigenvalue weighted by atomic mass is 32.2. The van der Waals surface area contributed by atoms with E-state index in [9.17, 15) is 8.42 Å². The van der Waals surface area contributed by atoms with Crippen molar-refractivity contribution in [3.63, 3.8) is 0 Å². The van der Waals surface area contributed by atoms with Gasteiger partial charge in [0.2, 0.25) is 10.0 Å². The molecule has 0 heterocycles. The summed E-state index contributed by atoms with van der Waals surface area (Å²) < 4.78 is 26.0. The van der Waals surface area contributed by atoms with Crippen molar-refractivity contribution in [2.45, 2.75) is 31.7 Å². The highest BCUT2D eigenvalue weighted by Crippen LogP contribution is 2.16. The van der Waals surface area contributed by atoms with Crippen LogP contribution in [0.15, 0.2) is 23.1 Å². The Labute approximate surface area is 90.5 Å². The minimum absolute atomic E-state index is 0.118. The maximum Gasteiger partial charge on any atom is 0.240 e. The van der Waals surface area contributed by atoms with Crippen molar-refractivity contribution in [2.75, 3.05) is 5.73 Å². The minimum atomic E-state index is -3.40. The molecule has 0 aliphatic heterocycles. The number of benzene rings is 1. The second-order valence-electron chi connectivity index (χ2n) is 3.79. The number of rotatable bonds is 3. The summed E-state index contributed by atoms with van der Waals surface area (Å²) in [5.74, 6) is 0. The molecule has 1 aromatic carbocycles. The summed E-state index contributed by atoms with van der Waals surface area (Å²) in [5, 5.41) is 0. The number of nitrogens with two attached hydrogens (primary N) is 1. The molecule has 0 aliphatic rings. The first-order valence-corrected chi connectivity index (χ1v) is 6.19. The fourth-order valence-electron chi connectivity index (χ4n) is 1.19. The molecule has 0 aromatic heterocycles. The molecule has 0 unspecified atom stereocenters. The van der Waals surface area contributed by atoms with E-state index in [0.29, 0.717) is 5.69 Å². The summed E-state index contributed by atoms with van der Waals surface area (Å²) in [4.78, 5) is 0.253. The van der Waals surface area contributed by atoms with E-state index in [1.165, 1.54) is 6.07 Å². The van der Waals surface area contributed by atoms with E-state index in [-0.39, 0.29) is 10.9 Å². The maximum atomic E-state index is 11.8. The van der Waals surface area contributed by atoms with Crippen molar-refractivity contribution >= 4 is 15.7 Å². The van der Waals surface area contributed by atoms with Gasteiger partial charge >= 0.3 is 0 Å². The van der Waals surface area contributed by atoms with Gasteiger partial charge in [0.15, 0.2) is 0 Å². The van der Waals surface area contributed by atoms with Gasteiger partial charge in [-0.15, -0.1) is 0 Å².